The van der Waals surface area contributed by atoms with Crippen molar-refractivity contribution >= 4 is 81.3 Å². The fourth-order valence-corrected chi connectivity index (χ4v) is 8.36. The van der Waals surface area contributed by atoms with E-state index in [4.69, 9.17) is 4.42 Å². The third kappa shape index (κ3) is 4.45. The lowest BCUT2D eigenvalue weighted by Gasteiger charge is -2.26. The second-order valence-electron chi connectivity index (χ2n) is 13.3. The van der Waals surface area contributed by atoms with Crippen molar-refractivity contribution < 1.29 is 4.42 Å². The van der Waals surface area contributed by atoms with Crippen LogP contribution in [-0.2, 0) is 5.41 Å². The number of benzene rings is 7. The zero-order valence-electron chi connectivity index (χ0n) is 26.6. The van der Waals surface area contributed by atoms with Crippen molar-refractivity contribution in [3.8, 4) is 11.1 Å². The van der Waals surface area contributed by atoms with Gasteiger partial charge < -0.3 is 9.32 Å². The van der Waals surface area contributed by atoms with Crippen LogP contribution in [0.4, 0.5) is 17.1 Å². The van der Waals surface area contributed by atoms with Gasteiger partial charge in [0.15, 0.2) is 5.58 Å². The van der Waals surface area contributed by atoms with Crippen molar-refractivity contribution in [2.45, 2.75) is 26.2 Å². The lowest BCUT2D eigenvalue weighted by molar-refractivity contribution is 0.573. The SMILES string of the molecule is CC(C)(C)c1cccc2c1oc1c(N(c3ccc(-c4cccc5ccccc45)cc3)c3cccc4c3sc3ccccc34)cccc12. The summed E-state index contributed by atoms with van der Waals surface area (Å²) >= 11 is 1.85. The molecule has 2 aromatic heterocycles. The van der Waals surface area contributed by atoms with Crippen LogP contribution in [0.15, 0.2) is 150 Å². The summed E-state index contributed by atoms with van der Waals surface area (Å²) in [6.07, 6.45) is 0. The van der Waals surface area contributed by atoms with Gasteiger partial charge in [-0.15, -0.1) is 11.3 Å². The van der Waals surface area contributed by atoms with Crippen LogP contribution in [0.3, 0.4) is 0 Å². The van der Waals surface area contributed by atoms with Gasteiger partial charge in [0.25, 0.3) is 0 Å². The second-order valence-corrected chi connectivity index (χ2v) is 14.4. The lowest BCUT2D eigenvalue weighted by atomic mass is 9.86. The average molecular weight is 624 g/mol. The van der Waals surface area contributed by atoms with Crippen molar-refractivity contribution in [2.24, 2.45) is 0 Å². The van der Waals surface area contributed by atoms with Crippen molar-refractivity contribution in [1.82, 2.24) is 0 Å². The van der Waals surface area contributed by atoms with E-state index in [0.717, 1.165) is 39.0 Å². The number of thiophene rings is 1. The summed E-state index contributed by atoms with van der Waals surface area (Å²) in [5.41, 5.74) is 8.73. The number of hydrogen-bond donors (Lipinski definition) is 0. The summed E-state index contributed by atoms with van der Waals surface area (Å²) < 4.78 is 9.49. The fourth-order valence-electron chi connectivity index (χ4n) is 7.16. The molecule has 3 heteroatoms. The first-order valence-corrected chi connectivity index (χ1v) is 17.0. The molecule has 0 aliphatic heterocycles. The molecule has 0 amide bonds. The lowest BCUT2D eigenvalue weighted by Crippen LogP contribution is -2.11. The molecule has 7 aromatic carbocycles. The molecule has 9 rings (SSSR count). The number of nitrogens with zero attached hydrogens (tertiary/aromatic N) is 1. The van der Waals surface area contributed by atoms with E-state index in [1.807, 2.05) is 11.3 Å². The van der Waals surface area contributed by atoms with Crippen LogP contribution in [0, 0.1) is 0 Å². The minimum Gasteiger partial charge on any atom is -0.454 e. The Labute approximate surface area is 278 Å². The third-order valence-electron chi connectivity index (χ3n) is 9.40. The molecule has 2 heterocycles. The Bertz CT molecular complexity index is 2610. The Hall–Kier alpha value is -5.38. The molecule has 0 aliphatic rings. The molecule has 0 bridgehead atoms. The number of furan rings is 1. The summed E-state index contributed by atoms with van der Waals surface area (Å²) in [6, 6.07) is 52.7. The van der Waals surface area contributed by atoms with E-state index in [-0.39, 0.29) is 5.41 Å². The number of fused-ring (bicyclic) bond motifs is 7. The first-order chi connectivity index (χ1) is 23.0. The van der Waals surface area contributed by atoms with Crippen molar-refractivity contribution in [2.75, 3.05) is 4.90 Å². The Balaban J connectivity index is 1.30. The second kappa shape index (κ2) is 10.6. The molecule has 0 N–H and O–H groups in total. The standard InChI is InChI=1S/C44H33NOS/c1-44(2,3)37-20-9-17-34-35-18-10-21-38(42(35)46-41(34)37)45(39-22-11-19-36-33-15-6-7-23-40(33)47-43(36)39)30-26-24-29(25-27-30)32-16-8-13-28-12-4-5-14-31(28)32/h4-27H,1-3H3. The third-order valence-corrected chi connectivity index (χ3v) is 10.6. The van der Waals surface area contributed by atoms with Crippen LogP contribution in [-0.4, -0.2) is 0 Å². The summed E-state index contributed by atoms with van der Waals surface area (Å²) in [5.74, 6) is 0. The molecule has 2 nitrogen and oxygen atoms in total. The van der Waals surface area contributed by atoms with Gasteiger partial charge in [-0.2, -0.15) is 0 Å². The molecular formula is C44H33NOS. The van der Waals surface area contributed by atoms with Crippen LogP contribution in [0.1, 0.15) is 26.3 Å². The average Bonchev–Trinajstić information content (AvgIpc) is 3.68. The molecule has 0 saturated carbocycles. The van der Waals surface area contributed by atoms with Crippen molar-refractivity contribution in [3.63, 3.8) is 0 Å². The maximum Gasteiger partial charge on any atom is 0.159 e. The molecule has 47 heavy (non-hydrogen) atoms. The first-order valence-electron chi connectivity index (χ1n) is 16.2. The topological polar surface area (TPSA) is 16.4 Å². The summed E-state index contributed by atoms with van der Waals surface area (Å²) in [7, 11) is 0. The molecule has 0 fully saturated rings. The highest BCUT2D eigenvalue weighted by atomic mass is 32.1. The van der Waals surface area contributed by atoms with E-state index >= 15 is 0 Å². The van der Waals surface area contributed by atoms with Gasteiger partial charge in [-0.05, 0) is 57.6 Å². The van der Waals surface area contributed by atoms with Crippen LogP contribution in [0.25, 0.3) is 64.0 Å². The first kappa shape index (κ1) is 27.9. The van der Waals surface area contributed by atoms with Crippen molar-refractivity contribution in [1.29, 1.82) is 0 Å². The monoisotopic (exact) mass is 623 g/mol. The van der Waals surface area contributed by atoms with Gasteiger partial charge >= 0.3 is 0 Å². The van der Waals surface area contributed by atoms with E-state index in [1.54, 1.807) is 0 Å². The molecule has 0 radical (unpaired) electrons. The van der Waals surface area contributed by atoms with Gasteiger partial charge in [-0.25, -0.2) is 0 Å². The molecule has 9 aromatic rings. The zero-order valence-corrected chi connectivity index (χ0v) is 27.4. The molecule has 0 unspecified atom stereocenters. The van der Waals surface area contributed by atoms with E-state index in [2.05, 4.69) is 171 Å². The Morgan fingerprint density at radius 2 is 1.13 bits per heavy atom. The normalized spacial score (nSPS) is 12.1. The van der Waals surface area contributed by atoms with Crippen LogP contribution in [0.2, 0.25) is 0 Å². The molecule has 0 spiro atoms. The predicted molar refractivity (Wildman–Crippen MR) is 203 cm³/mol. The van der Waals surface area contributed by atoms with Crippen LogP contribution < -0.4 is 4.90 Å². The quantitative estimate of drug-likeness (QED) is 0.194. The minimum atomic E-state index is -0.0483. The minimum absolute atomic E-state index is 0.0483. The molecule has 0 aliphatic carbocycles. The highest BCUT2D eigenvalue weighted by molar-refractivity contribution is 7.26. The molecular weight excluding hydrogens is 591 g/mol. The van der Waals surface area contributed by atoms with Gasteiger partial charge in [0.05, 0.1) is 16.1 Å². The smallest absolute Gasteiger partial charge is 0.159 e. The number of anilines is 3. The van der Waals surface area contributed by atoms with Gasteiger partial charge in [-0.1, -0.05) is 136 Å². The van der Waals surface area contributed by atoms with E-state index in [0.29, 0.717) is 0 Å². The fraction of sp³-hybridized carbons (Fsp3) is 0.0909. The van der Waals surface area contributed by atoms with Crippen LogP contribution >= 0.6 is 11.3 Å². The predicted octanol–water partition coefficient (Wildman–Crippen LogP) is 13.5. The largest absolute Gasteiger partial charge is 0.454 e. The van der Waals surface area contributed by atoms with Gasteiger partial charge in [0.2, 0.25) is 0 Å². The Morgan fingerprint density at radius 1 is 0.511 bits per heavy atom. The number of para-hydroxylation sites is 2. The van der Waals surface area contributed by atoms with Gasteiger partial charge in [0, 0.05) is 37.5 Å². The van der Waals surface area contributed by atoms with Crippen LogP contribution in [0.5, 0.6) is 0 Å². The van der Waals surface area contributed by atoms with Crippen molar-refractivity contribution in [3.05, 3.63) is 151 Å². The molecule has 226 valence electrons. The van der Waals surface area contributed by atoms with E-state index in [1.165, 1.54) is 47.6 Å². The zero-order chi connectivity index (χ0) is 31.7. The van der Waals surface area contributed by atoms with Gasteiger partial charge in [0.1, 0.15) is 5.58 Å². The highest BCUT2D eigenvalue weighted by Gasteiger charge is 2.25. The highest BCUT2D eigenvalue weighted by Crippen LogP contribution is 2.48. The van der Waals surface area contributed by atoms with Gasteiger partial charge in [-0.3, -0.25) is 0 Å². The molecule has 0 saturated heterocycles. The maximum atomic E-state index is 6.94. The summed E-state index contributed by atoms with van der Waals surface area (Å²) in [6.45, 7) is 6.76. The Kier molecular flexibility index (Phi) is 6.28. The molecule has 0 atom stereocenters. The summed E-state index contributed by atoms with van der Waals surface area (Å²) in [4.78, 5) is 2.39. The van der Waals surface area contributed by atoms with E-state index in [9.17, 15) is 0 Å². The number of rotatable bonds is 4. The van der Waals surface area contributed by atoms with E-state index < -0.39 is 0 Å². The Morgan fingerprint density at radius 3 is 1.94 bits per heavy atom. The summed E-state index contributed by atoms with van der Waals surface area (Å²) in [5, 5.41) is 7.35. The number of hydrogen-bond acceptors (Lipinski definition) is 3. The maximum absolute atomic E-state index is 6.94.